The molecule has 0 bridgehead atoms. The Morgan fingerprint density at radius 1 is 0.606 bits per heavy atom. The minimum absolute atomic E-state index is 0.501. The minimum Gasteiger partial charge on any atom is -0.478 e. The number of aromatic carboxylic acids is 5. The van der Waals surface area contributed by atoms with E-state index >= 15 is 0 Å². The van der Waals surface area contributed by atoms with Gasteiger partial charge >= 0.3 is 44.5 Å². The zero-order chi connectivity index (χ0) is 25.0. The number of carboxylic acids is 5. The standard InChI is InChI=1S/C18H9O14P/c19-13(20)5-1-7(15(23)24)11(17(27)28)9(3-5)31-18(29)12-8(16(25)26)2-6(14(21)22)4-10(12)32-33-30/h1-4H,(H,19,20)(H,21,22)(H,23,24)(H,25,26)(H,27,28). The first-order valence-electron chi connectivity index (χ1n) is 8.13. The van der Waals surface area contributed by atoms with Crippen LogP contribution >= 0.6 is 8.69 Å². The van der Waals surface area contributed by atoms with Crippen molar-refractivity contribution >= 4 is 44.5 Å². The fraction of sp³-hybridized carbons (Fsp3) is 0. The molecule has 0 aromatic heterocycles. The number of carboxylic acid groups (broad SMARTS) is 5. The first-order chi connectivity index (χ1) is 15.4. The molecule has 0 fully saturated rings. The normalized spacial score (nSPS) is 10.3. The summed E-state index contributed by atoms with van der Waals surface area (Å²) in [5.74, 6) is -12.6. The fourth-order valence-corrected chi connectivity index (χ4v) is 2.81. The number of hydrogen-bond acceptors (Lipinski definition) is 9. The van der Waals surface area contributed by atoms with Crippen molar-refractivity contribution in [2.24, 2.45) is 0 Å². The lowest BCUT2D eigenvalue weighted by atomic mass is 10.0. The van der Waals surface area contributed by atoms with Crippen LogP contribution in [0.3, 0.4) is 0 Å². The third-order valence-corrected chi connectivity index (χ3v) is 4.19. The first kappa shape index (κ1) is 24.4. The Balaban J connectivity index is 2.79. The van der Waals surface area contributed by atoms with Gasteiger partial charge in [-0.1, -0.05) is 0 Å². The number of benzene rings is 2. The van der Waals surface area contributed by atoms with E-state index in [1.165, 1.54) is 0 Å². The average molecular weight is 480 g/mol. The smallest absolute Gasteiger partial charge is 0.395 e. The molecule has 15 heteroatoms. The van der Waals surface area contributed by atoms with Crippen molar-refractivity contribution in [3.05, 3.63) is 57.6 Å². The molecule has 2 aromatic carbocycles. The van der Waals surface area contributed by atoms with E-state index in [2.05, 4.69) is 4.52 Å². The SMILES string of the molecule is O=POc1cc(C(=O)O)cc(C(=O)O)c1C(=O)Oc1cc(C(=O)O)cc(C(=O)O)c1C(=O)O. The highest BCUT2D eigenvalue weighted by Crippen LogP contribution is 2.32. The summed E-state index contributed by atoms with van der Waals surface area (Å²) in [5, 5.41) is 46.2. The zero-order valence-corrected chi connectivity index (χ0v) is 16.6. The lowest BCUT2D eigenvalue weighted by Gasteiger charge is -2.14. The third-order valence-electron chi connectivity index (χ3n) is 3.92. The highest BCUT2D eigenvalue weighted by Gasteiger charge is 2.30. The van der Waals surface area contributed by atoms with Crippen LogP contribution in [0.4, 0.5) is 0 Å². The van der Waals surface area contributed by atoms with Crippen LogP contribution in [0.5, 0.6) is 11.5 Å². The van der Waals surface area contributed by atoms with E-state index in [-0.39, 0.29) is 0 Å². The van der Waals surface area contributed by atoms with E-state index in [1.54, 1.807) is 0 Å². The lowest BCUT2D eigenvalue weighted by molar-refractivity contribution is 0.0628. The molecule has 0 aliphatic heterocycles. The Kier molecular flexibility index (Phi) is 7.06. The van der Waals surface area contributed by atoms with Gasteiger partial charge in [-0.3, -0.25) is 0 Å². The van der Waals surface area contributed by atoms with Gasteiger partial charge in [0.05, 0.1) is 22.3 Å². The van der Waals surface area contributed by atoms with Crippen molar-refractivity contribution in [1.82, 2.24) is 0 Å². The highest BCUT2D eigenvalue weighted by molar-refractivity contribution is 7.17. The van der Waals surface area contributed by atoms with E-state index in [4.69, 9.17) is 14.9 Å². The molecule has 0 amide bonds. The molecule has 0 aliphatic rings. The second kappa shape index (κ2) is 9.53. The molecule has 2 rings (SSSR count). The van der Waals surface area contributed by atoms with Crippen molar-refractivity contribution in [3.63, 3.8) is 0 Å². The minimum atomic E-state index is -1.93. The van der Waals surface area contributed by atoms with E-state index in [1.807, 2.05) is 0 Å². The topological polar surface area (TPSA) is 239 Å². The maximum absolute atomic E-state index is 12.7. The zero-order valence-electron chi connectivity index (χ0n) is 15.7. The van der Waals surface area contributed by atoms with Crippen molar-refractivity contribution in [2.75, 3.05) is 0 Å². The number of carbonyl (C=O) groups is 6. The average Bonchev–Trinajstić information content (AvgIpc) is 2.72. The molecule has 170 valence electrons. The van der Waals surface area contributed by atoms with Gasteiger partial charge in [0.1, 0.15) is 16.9 Å². The number of carbonyl (C=O) groups excluding carboxylic acids is 1. The van der Waals surface area contributed by atoms with Gasteiger partial charge in [-0.15, -0.1) is 0 Å². The summed E-state index contributed by atoms with van der Waals surface area (Å²) in [4.78, 5) is 69.8. The molecular formula is C18H9O14P. The predicted molar refractivity (Wildman–Crippen MR) is 101 cm³/mol. The van der Waals surface area contributed by atoms with E-state index in [9.17, 15) is 48.7 Å². The second-order valence-corrected chi connectivity index (χ2v) is 6.21. The molecule has 0 spiro atoms. The Labute approximate surface area is 182 Å². The molecule has 0 saturated heterocycles. The summed E-state index contributed by atoms with van der Waals surface area (Å²) in [6, 6.07) is 2.17. The number of esters is 1. The highest BCUT2D eigenvalue weighted by atomic mass is 31.1. The lowest BCUT2D eigenvalue weighted by Crippen LogP contribution is -2.19. The summed E-state index contributed by atoms with van der Waals surface area (Å²) in [5.41, 5.74) is -5.68. The second-order valence-electron chi connectivity index (χ2n) is 5.87. The molecule has 0 atom stereocenters. The Hall–Kier alpha value is -4.84. The summed E-state index contributed by atoms with van der Waals surface area (Å²) < 4.78 is 20.2. The fourth-order valence-electron chi connectivity index (χ4n) is 2.59. The monoisotopic (exact) mass is 480 g/mol. The van der Waals surface area contributed by atoms with Gasteiger partial charge < -0.3 is 34.8 Å². The number of hydrogen-bond donors (Lipinski definition) is 5. The van der Waals surface area contributed by atoms with Gasteiger partial charge in [0, 0.05) is 0 Å². The van der Waals surface area contributed by atoms with Crippen LogP contribution in [0.2, 0.25) is 0 Å². The molecular weight excluding hydrogens is 471 g/mol. The molecule has 0 heterocycles. The van der Waals surface area contributed by atoms with Crippen LogP contribution < -0.4 is 9.26 Å². The molecule has 0 radical (unpaired) electrons. The Bertz CT molecular complexity index is 1250. The molecule has 0 unspecified atom stereocenters. The molecule has 14 nitrogen and oxygen atoms in total. The van der Waals surface area contributed by atoms with Crippen molar-refractivity contribution < 1.29 is 68.1 Å². The van der Waals surface area contributed by atoms with Crippen LogP contribution in [0, 0.1) is 0 Å². The van der Waals surface area contributed by atoms with Gasteiger partial charge in [-0.2, -0.15) is 0 Å². The largest absolute Gasteiger partial charge is 0.478 e. The number of rotatable bonds is 9. The van der Waals surface area contributed by atoms with Crippen LogP contribution in [-0.2, 0) is 4.57 Å². The molecule has 33 heavy (non-hydrogen) atoms. The van der Waals surface area contributed by atoms with E-state index < -0.39 is 89.4 Å². The summed E-state index contributed by atoms with van der Waals surface area (Å²) in [6.07, 6.45) is 0. The number of ether oxygens (including phenoxy) is 1. The summed E-state index contributed by atoms with van der Waals surface area (Å²) >= 11 is 0. The predicted octanol–water partition coefficient (Wildman–Crippen LogP) is 1.98. The quantitative estimate of drug-likeness (QED) is 0.196. The maximum atomic E-state index is 12.7. The Morgan fingerprint density at radius 3 is 1.45 bits per heavy atom. The van der Waals surface area contributed by atoms with E-state index in [0.29, 0.717) is 24.3 Å². The van der Waals surface area contributed by atoms with Gasteiger partial charge in [-0.25, -0.2) is 33.3 Å². The van der Waals surface area contributed by atoms with E-state index in [0.717, 1.165) is 0 Å². The van der Waals surface area contributed by atoms with Crippen LogP contribution in [0.1, 0.15) is 62.1 Å². The van der Waals surface area contributed by atoms with Gasteiger partial charge in [0.2, 0.25) is 0 Å². The third kappa shape index (κ3) is 5.08. The summed E-state index contributed by atoms with van der Waals surface area (Å²) in [7, 11) is -1.14. The Morgan fingerprint density at radius 2 is 1.06 bits per heavy atom. The van der Waals surface area contributed by atoms with Crippen molar-refractivity contribution in [3.8, 4) is 11.5 Å². The van der Waals surface area contributed by atoms with Gasteiger partial charge in [-0.05, 0) is 24.3 Å². The molecule has 2 aromatic rings. The van der Waals surface area contributed by atoms with Crippen molar-refractivity contribution in [1.29, 1.82) is 0 Å². The van der Waals surface area contributed by atoms with Crippen LogP contribution in [-0.4, -0.2) is 61.3 Å². The van der Waals surface area contributed by atoms with Gasteiger partial charge in [0.15, 0.2) is 5.75 Å². The van der Waals surface area contributed by atoms with Gasteiger partial charge in [0.25, 0.3) is 0 Å². The van der Waals surface area contributed by atoms with Crippen LogP contribution in [0.25, 0.3) is 0 Å². The molecule has 0 aliphatic carbocycles. The first-order valence-corrected chi connectivity index (χ1v) is 8.86. The molecule has 5 N–H and O–H groups in total. The van der Waals surface area contributed by atoms with Crippen LogP contribution in [0.15, 0.2) is 24.3 Å². The molecule has 0 saturated carbocycles. The summed E-state index contributed by atoms with van der Waals surface area (Å²) in [6.45, 7) is 0. The van der Waals surface area contributed by atoms with Crippen molar-refractivity contribution in [2.45, 2.75) is 0 Å². The maximum Gasteiger partial charge on any atom is 0.395 e.